The number of hydrogen-bond donors (Lipinski definition) is 0. The SMILES string of the molecule is CO[C@H]1CCN(C(=O)c2cscn2)[C@@H]1Cc1cnn(C)c1. The molecule has 112 valence electrons. The minimum absolute atomic E-state index is 0.00955. The van der Waals surface area contributed by atoms with E-state index in [2.05, 4.69) is 10.1 Å². The fourth-order valence-electron chi connectivity index (χ4n) is 2.88. The van der Waals surface area contributed by atoms with Crippen molar-refractivity contribution in [3.05, 3.63) is 34.5 Å². The van der Waals surface area contributed by atoms with Crippen LogP contribution in [-0.4, -0.2) is 51.4 Å². The third kappa shape index (κ3) is 2.84. The number of methoxy groups -OCH3 is 1. The molecule has 3 rings (SSSR count). The van der Waals surface area contributed by atoms with Gasteiger partial charge in [0.15, 0.2) is 0 Å². The average Bonchev–Trinajstić information content (AvgIpc) is 3.19. The third-order valence-corrected chi connectivity index (χ3v) is 4.49. The van der Waals surface area contributed by atoms with Crippen LogP contribution in [0.25, 0.3) is 0 Å². The number of hydrogen-bond acceptors (Lipinski definition) is 5. The molecule has 2 aromatic heterocycles. The molecule has 2 aromatic rings. The third-order valence-electron chi connectivity index (χ3n) is 3.90. The van der Waals surface area contributed by atoms with E-state index in [1.54, 1.807) is 22.7 Å². The molecular weight excluding hydrogens is 288 g/mol. The van der Waals surface area contributed by atoms with E-state index < -0.39 is 0 Å². The van der Waals surface area contributed by atoms with Gasteiger partial charge in [-0.3, -0.25) is 9.48 Å². The van der Waals surface area contributed by atoms with Gasteiger partial charge in [-0.25, -0.2) is 4.98 Å². The van der Waals surface area contributed by atoms with Crippen LogP contribution < -0.4 is 0 Å². The van der Waals surface area contributed by atoms with E-state index in [1.807, 2.05) is 24.3 Å². The van der Waals surface area contributed by atoms with Crippen molar-refractivity contribution in [2.45, 2.75) is 25.0 Å². The summed E-state index contributed by atoms with van der Waals surface area (Å²) in [5.74, 6) is -0.00955. The zero-order valence-electron chi connectivity index (χ0n) is 12.1. The van der Waals surface area contributed by atoms with Gasteiger partial charge in [-0.2, -0.15) is 5.10 Å². The summed E-state index contributed by atoms with van der Waals surface area (Å²) >= 11 is 1.44. The van der Waals surface area contributed by atoms with Crippen molar-refractivity contribution in [2.24, 2.45) is 7.05 Å². The molecule has 1 amide bonds. The smallest absolute Gasteiger partial charge is 0.273 e. The maximum atomic E-state index is 12.6. The molecule has 0 spiro atoms. The fraction of sp³-hybridized carbons (Fsp3) is 0.500. The normalized spacial score (nSPS) is 21.9. The summed E-state index contributed by atoms with van der Waals surface area (Å²) in [4.78, 5) is 18.6. The monoisotopic (exact) mass is 306 g/mol. The highest BCUT2D eigenvalue weighted by molar-refractivity contribution is 7.07. The quantitative estimate of drug-likeness (QED) is 0.855. The maximum absolute atomic E-state index is 12.6. The van der Waals surface area contributed by atoms with Crippen LogP contribution in [0, 0.1) is 0 Å². The molecule has 1 aliphatic rings. The molecule has 3 heterocycles. The first-order chi connectivity index (χ1) is 10.2. The fourth-order valence-corrected chi connectivity index (χ4v) is 3.40. The molecule has 0 aromatic carbocycles. The Balaban J connectivity index is 1.80. The standard InChI is InChI=1S/C14H18N4O2S/c1-17-7-10(6-16-17)5-12-13(20-2)3-4-18(12)14(19)11-8-21-9-15-11/h6-9,12-13H,3-5H2,1-2H3/t12-,13+/m1/s1. The summed E-state index contributed by atoms with van der Waals surface area (Å²) in [6, 6.07) is 0.0356. The molecule has 21 heavy (non-hydrogen) atoms. The molecule has 1 aliphatic heterocycles. The molecule has 0 unspecified atom stereocenters. The van der Waals surface area contributed by atoms with E-state index >= 15 is 0 Å². The van der Waals surface area contributed by atoms with E-state index in [4.69, 9.17) is 4.74 Å². The second-order valence-corrected chi connectivity index (χ2v) is 5.95. The summed E-state index contributed by atoms with van der Waals surface area (Å²) in [6.45, 7) is 0.708. The lowest BCUT2D eigenvalue weighted by molar-refractivity contribution is 0.0505. The zero-order valence-corrected chi connectivity index (χ0v) is 12.9. The summed E-state index contributed by atoms with van der Waals surface area (Å²) in [6.07, 6.45) is 5.50. The predicted molar refractivity (Wildman–Crippen MR) is 79.3 cm³/mol. The van der Waals surface area contributed by atoms with Crippen molar-refractivity contribution in [1.82, 2.24) is 19.7 Å². The van der Waals surface area contributed by atoms with Crippen LogP contribution in [0.4, 0.5) is 0 Å². The molecule has 2 atom stereocenters. The van der Waals surface area contributed by atoms with Gasteiger partial charge in [0.2, 0.25) is 0 Å². The first kappa shape index (κ1) is 14.2. The van der Waals surface area contributed by atoms with Gasteiger partial charge in [-0.05, 0) is 18.4 Å². The largest absolute Gasteiger partial charge is 0.379 e. The molecule has 0 aliphatic carbocycles. The number of likely N-dealkylation sites (tertiary alicyclic amines) is 1. The second kappa shape index (κ2) is 5.95. The molecule has 1 saturated heterocycles. The Morgan fingerprint density at radius 2 is 2.43 bits per heavy atom. The Hall–Kier alpha value is -1.73. The van der Waals surface area contributed by atoms with Crippen molar-refractivity contribution >= 4 is 17.2 Å². The topological polar surface area (TPSA) is 60.2 Å². The minimum Gasteiger partial charge on any atom is -0.379 e. The van der Waals surface area contributed by atoms with Gasteiger partial charge in [0.1, 0.15) is 5.69 Å². The summed E-state index contributed by atoms with van der Waals surface area (Å²) in [7, 11) is 3.60. The first-order valence-corrected chi connectivity index (χ1v) is 7.83. The molecule has 6 nitrogen and oxygen atoms in total. The van der Waals surface area contributed by atoms with Crippen LogP contribution >= 0.6 is 11.3 Å². The van der Waals surface area contributed by atoms with Crippen LogP contribution in [-0.2, 0) is 18.2 Å². The van der Waals surface area contributed by atoms with Crippen molar-refractivity contribution in [1.29, 1.82) is 0 Å². The number of aryl methyl sites for hydroxylation is 1. The van der Waals surface area contributed by atoms with Crippen LogP contribution in [0.5, 0.6) is 0 Å². The van der Waals surface area contributed by atoms with Gasteiger partial charge in [0, 0.05) is 32.3 Å². The number of carbonyl (C=O) groups excluding carboxylic acids is 1. The number of thiazole rings is 1. The molecular formula is C14H18N4O2S. The highest BCUT2D eigenvalue weighted by Crippen LogP contribution is 2.25. The van der Waals surface area contributed by atoms with Gasteiger partial charge >= 0.3 is 0 Å². The lowest BCUT2D eigenvalue weighted by atomic mass is 10.0. The lowest BCUT2D eigenvalue weighted by Gasteiger charge is -2.26. The van der Waals surface area contributed by atoms with Gasteiger partial charge in [0.05, 0.1) is 23.9 Å². The summed E-state index contributed by atoms with van der Waals surface area (Å²) in [5, 5.41) is 5.99. The second-order valence-electron chi connectivity index (χ2n) is 5.23. The van der Waals surface area contributed by atoms with Crippen LogP contribution in [0.15, 0.2) is 23.3 Å². The maximum Gasteiger partial charge on any atom is 0.273 e. The van der Waals surface area contributed by atoms with Crippen LogP contribution in [0.1, 0.15) is 22.5 Å². The van der Waals surface area contributed by atoms with E-state index in [0.29, 0.717) is 12.2 Å². The molecule has 7 heteroatoms. The predicted octanol–water partition coefficient (Wildman–Crippen LogP) is 1.35. The highest BCUT2D eigenvalue weighted by Gasteiger charge is 2.38. The number of nitrogens with zero attached hydrogens (tertiary/aromatic N) is 4. The Labute approximate surface area is 127 Å². The van der Waals surface area contributed by atoms with E-state index in [1.165, 1.54) is 11.3 Å². The number of rotatable bonds is 4. The Morgan fingerprint density at radius 1 is 1.57 bits per heavy atom. The summed E-state index contributed by atoms with van der Waals surface area (Å²) < 4.78 is 7.34. The van der Waals surface area contributed by atoms with E-state index in [9.17, 15) is 4.79 Å². The van der Waals surface area contributed by atoms with Crippen molar-refractivity contribution in [2.75, 3.05) is 13.7 Å². The van der Waals surface area contributed by atoms with Gasteiger partial charge < -0.3 is 9.64 Å². The van der Waals surface area contributed by atoms with Crippen LogP contribution in [0.3, 0.4) is 0 Å². The van der Waals surface area contributed by atoms with E-state index in [0.717, 1.165) is 18.4 Å². The molecule has 0 radical (unpaired) electrons. The van der Waals surface area contributed by atoms with Crippen molar-refractivity contribution < 1.29 is 9.53 Å². The first-order valence-electron chi connectivity index (χ1n) is 6.88. The number of amides is 1. The average molecular weight is 306 g/mol. The van der Waals surface area contributed by atoms with Crippen LogP contribution in [0.2, 0.25) is 0 Å². The Bertz CT molecular complexity index is 610. The highest BCUT2D eigenvalue weighted by atomic mass is 32.1. The number of carbonyl (C=O) groups is 1. The van der Waals surface area contributed by atoms with Crippen molar-refractivity contribution in [3.8, 4) is 0 Å². The van der Waals surface area contributed by atoms with Gasteiger partial charge in [0.25, 0.3) is 5.91 Å². The molecule has 0 saturated carbocycles. The Kier molecular flexibility index (Phi) is 4.03. The number of ether oxygens (including phenoxy) is 1. The Morgan fingerprint density at radius 3 is 3.05 bits per heavy atom. The van der Waals surface area contributed by atoms with Gasteiger partial charge in [-0.15, -0.1) is 11.3 Å². The van der Waals surface area contributed by atoms with Gasteiger partial charge in [-0.1, -0.05) is 0 Å². The lowest BCUT2D eigenvalue weighted by Crippen LogP contribution is -2.41. The molecule has 0 N–H and O–H groups in total. The minimum atomic E-state index is -0.00955. The van der Waals surface area contributed by atoms with E-state index in [-0.39, 0.29) is 18.1 Å². The molecule has 1 fully saturated rings. The zero-order chi connectivity index (χ0) is 14.8. The molecule has 0 bridgehead atoms. The number of aromatic nitrogens is 3. The summed E-state index contributed by atoms with van der Waals surface area (Å²) in [5.41, 5.74) is 3.32. The van der Waals surface area contributed by atoms with Crippen molar-refractivity contribution in [3.63, 3.8) is 0 Å².